The van der Waals surface area contributed by atoms with Crippen LogP contribution in [-0.2, 0) is 29.1 Å². The van der Waals surface area contributed by atoms with Gasteiger partial charge in [-0.1, -0.05) is 25.4 Å². The van der Waals surface area contributed by atoms with Crippen molar-refractivity contribution >= 4 is 39.5 Å². The van der Waals surface area contributed by atoms with E-state index in [1.165, 1.54) is 21.3 Å². The summed E-state index contributed by atoms with van der Waals surface area (Å²) in [7, 11) is -3.87. The van der Waals surface area contributed by atoms with Gasteiger partial charge in [0.1, 0.15) is 4.90 Å². The quantitative estimate of drug-likeness (QED) is 0.490. The fourth-order valence-corrected chi connectivity index (χ4v) is 5.42. The number of amides is 1. The normalized spacial score (nSPS) is 15.0. The molecule has 1 aromatic rings. The van der Waals surface area contributed by atoms with Crippen LogP contribution in [0.4, 0.5) is 0 Å². The van der Waals surface area contributed by atoms with E-state index in [-0.39, 0.29) is 46.4 Å². The number of benzene rings is 1. The Bertz CT molecular complexity index is 939. The number of hydrogen-bond acceptors (Lipinski definition) is 7. The Labute approximate surface area is 193 Å². The first-order chi connectivity index (χ1) is 15.1. The molecule has 0 unspecified atom stereocenters. The average Bonchev–Trinajstić information content (AvgIpc) is 2.78. The van der Waals surface area contributed by atoms with E-state index >= 15 is 0 Å². The van der Waals surface area contributed by atoms with E-state index in [4.69, 9.17) is 21.1 Å². The predicted molar refractivity (Wildman–Crippen MR) is 118 cm³/mol. The number of carbonyl (C=O) groups is 3. The number of ether oxygens (including phenoxy) is 2. The highest BCUT2D eigenvalue weighted by Gasteiger charge is 2.29. The molecule has 0 aromatic heterocycles. The summed E-state index contributed by atoms with van der Waals surface area (Å²) in [6.45, 7) is 6.23. The molecule has 0 atom stereocenters. The van der Waals surface area contributed by atoms with Gasteiger partial charge in [-0.05, 0) is 38.0 Å². The summed E-state index contributed by atoms with van der Waals surface area (Å²) in [6, 6.07) is 3.82. The molecule has 0 aliphatic carbocycles. The largest absolute Gasteiger partial charge is 0.466 e. The van der Waals surface area contributed by atoms with Crippen LogP contribution in [0.3, 0.4) is 0 Å². The maximum absolute atomic E-state index is 12.8. The molecule has 0 N–H and O–H groups in total. The van der Waals surface area contributed by atoms with E-state index < -0.39 is 22.6 Å². The summed E-state index contributed by atoms with van der Waals surface area (Å²) in [5, 5.41) is -0.00556. The van der Waals surface area contributed by atoms with Crippen molar-refractivity contribution < 1.29 is 32.3 Å². The Morgan fingerprint density at radius 3 is 2.28 bits per heavy atom. The van der Waals surface area contributed by atoms with Gasteiger partial charge < -0.3 is 14.4 Å². The molecule has 0 radical (unpaired) electrons. The van der Waals surface area contributed by atoms with Crippen LogP contribution in [0.1, 0.15) is 44.0 Å². The fourth-order valence-electron chi connectivity index (χ4n) is 3.46. The third kappa shape index (κ3) is 6.20. The highest BCUT2D eigenvalue weighted by atomic mass is 35.5. The molecule has 32 heavy (non-hydrogen) atoms. The molecule has 2 rings (SSSR count). The van der Waals surface area contributed by atoms with Crippen LogP contribution in [0.2, 0.25) is 5.02 Å². The van der Waals surface area contributed by atoms with Gasteiger partial charge in [-0.25, -0.2) is 13.2 Å². The second-order valence-corrected chi connectivity index (χ2v) is 9.53. The summed E-state index contributed by atoms with van der Waals surface area (Å²) in [4.78, 5) is 38.0. The number of halogens is 1. The molecular formula is C21H29ClN2O7S. The van der Waals surface area contributed by atoms with Crippen LogP contribution in [0.25, 0.3) is 0 Å². The SMILES string of the molecule is CCOC(=O)C1CCN(C(=O)COC(=O)c2ccc(Cl)c(S(=O)(=O)N(CC)CC)c2)CC1. The lowest BCUT2D eigenvalue weighted by Crippen LogP contribution is -2.42. The first kappa shape index (κ1) is 26.1. The first-order valence-corrected chi connectivity index (χ1v) is 12.4. The van der Waals surface area contributed by atoms with Crippen molar-refractivity contribution in [3.63, 3.8) is 0 Å². The minimum atomic E-state index is -3.87. The number of likely N-dealkylation sites (tertiary alicyclic amines) is 1. The Kier molecular flexibility index (Phi) is 9.47. The second kappa shape index (κ2) is 11.6. The molecule has 1 heterocycles. The lowest BCUT2D eigenvalue weighted by atomic mass is 9.97. The Hall–Kier alpha value is -2.17. The topological polar surface area (TPSA) is 110 Å². The second-order valence-electron chi connectivity index (χ2n) is 7.22. The number of rotatable bonds is 9. The fraction of sp³-hybridized carbons (Fsp3) is 0.571. The van der Waals surface area contributed by atoms with E-state index in [1.54, 1.807) is 20.8 Å². The third-order valence-corrected chi connectivity index (χ3v) is 7.82. The molecular weight excluding hydrogens is 460 g/mol. The number of nitrogens with zero attached hydrogens (tertiary/aromatic N) is 2. The zero-order valence-electron chi connectivity index (χ0n) is 18.5. The number of esters is 2. The van der Waals surface area contributed by atoms with Crippen molar-refractivity contribution in [1.82, 2.24) is 9.21 Å². The predicted octanol–water partition coefficient (Wildman–Crippen LogP) is 2.33. The first-order valence-electron chi connectivity index (χ1n) is 10.6. The van der Waals surface area contributed by atoms with E-state index in [1.807, 2.05) is 0 Å². The average molecular weight is 489 g/mol. The number of carbonyl (C=O) groups excluding carboxylic acids is 3. The molecule has 1 aromatic carbocycles. The lowest BCUT2D eigenvalue weighted by molar-refractivity contribution is -0.151. The van der Waals surface area contributed by atoms with Crippen LogP contribution < -0.4 is 0 Å². The van der Waals surface area contributed by atoms with Gasteiger partial charge in [-0.3, -0.25) is 9.59 Å². The Morgan fingerprint density at radius 2 is 1.72 bits per heavy atom. The highest BCUT2D eigenvalue weighted by Crippen LogP contribution is 2.26. The van der Waals surface area contributed by atoms with Crippen LogP contribution in [-0.4, -0.2) is 74.9 Å². The van der Waals surface area contributed by atoms with Gasteiger partial charge in [0, 0.05) is 26.2 Å². The summed E-state index contributed by atoms with van der Waals surface area (Å²) in [5.74, 6) is -1.70. The van der Waals surface area contributed by atoms with Gasteiger partial charge in [0.05, 0.1) is 23.1 Å². The molecule has 1 amide bonds. The van der Waals surface area contributed by atoms with Gasteiger partial charge in [0.25, 0.3) is 5.91 Å². The molecule has 9 nitrogen and oxygen atoms in total. The summed E-state index contributed by atoms with van der Waals surface area (Å²) in [5.41, 5.74) is -0.0195. The molecule has 1 aliphatic rings. The van der Waals surface area contributed by atoms with Crippen molar-refractivity contribution in [1.29, 1.82) is 0 Å². The summed E-state index contributed by atoms with van der Waals surface area (Å²) < 4.78 is 36.9. The van der Waals surface area contributed by atoms with E-state index in [0.29, 0.717) is 32.5 Å². The molecule has 1 saturated heterocycles. The van der Waals surface area contributed by atoms with Crippen molar-refractivity contribution in [3.05, 3.63) is 28.8 Å². The third-order valence-electron chi connectivity index (χ3n) is 5.28. The molecule has 0 saturated carbocycles. The monoisotopic (exact) mass is 488 g/mol. The smallest absolute Gasteiger partial charge is 0.338 e. The van der Waals surface area contributed by atoms with Gasteiger partial charge in [-0.15, -0.1) is 0 Å². The van der Waals surface area contributed by atoms with Crippen LogP contribution in [0.5, 0.6) is 0 Å². The molecule has 11 heteroatoms. The molecule has 0 bridgehead atoms. The zero-order valence-corrected chi connectivity index (χ0v) is 20.1. The molecule has 1 fully saturated rings. The van der Waals surface area contributed by atoms with Crippen molar-refractivity contribution in [2.45, 2.75) is 38.5 Å². The van der Waals surface area contributed by atoms with Gasteiger partial charge in [0.15, 0.2) is 6.61 Å². The summed E-state index contributed by atoms with van der Waals surface area (Å²) in [6.07, 6.45) is 0.977. The van der Waals surface area contributed by atoms with Crippen molar-refractivity contribution in [3.8, 4) is 0 Å². The van der Waals surface area contributed by atoms with Gasteiger partial charge in [0.2, 0.25) is 10.0 Å². The van der Waals surface area contributed by atoms with Crippen molar-refractivity contribution in [2.24, 2.45) is 5.92 Å². The van der Waals surface area contributed by atoms with E-state index in [2.05, 4.69) is 0 Å². The minimum Gasteiger partial charge on any atom is -0.466 e. The van der Waals surface area contributed by atoms with Crippen LogP contribution in [0, 0.1) is 5.92 Å². The van der Waals surface area contributed by atoms with Gasteiger partial charge in [-0.2, -0.15) is 4.31 Å². The summed E-state index contributed by atoms with van der Waals surface area (Å²) >= 11 is 6.07. The standard InChI is InChI=1S/C21H29ClN2O7S/c1-4-24(5-2)32(28,29)18-13-16(7-8-17(18)22)21(27)31-14-19(25)23-11-9-15(10-12-23)20(26)30-6-3/h7-8,13,15H,4-6,9-12,14H2,1-3H3. The van der Waals surface area contributed by atoms with Crippen LogP contribution in [0.15, 0.2) is 23.1 Å². The maximum Gasteiger partial charge on any atom is 0.338 e. The number of piperidine rings is 1. The zero-order chi connectivity index (χ0) is 23.9. The van der Waals surface area contributed by atoms with E-state index in [0.717, 1.165) is 6.07 Å². The van der Waals surface area contributed by atoms with Crippen molar-refractivity contribution in [2.75, 3.05) is 39.4 Å². The molecule has 1 aliphatic heterocycles. The van der Waals surface area contributed by atoms with Crippen LogP contribution >= 0.6 is 11.6 Å². The molecule has 0 spiro atoms. The maximum atomic E-state index is 12.8. The number of hydrogen-bond donors (Lipinski definition) is 0. The Balaban J connectivity index is 1.99. The molecule has 178 valence electrons. The van der Waals surface area contributed by atoms with E-state index in [9.17, 15) is 22.8 Å². The number of sulfonamides is 1. The Morgan fingerprint density at radius 1 is 1.09 bits per heavy atom. The lowest BCUT2D eigenvalue weighted by Gasteiger charge is -2.30. The highest BCUT2D eigenvalue weighted by molar-refractivity contribution is 7.89. The van der Waals surface area contributed by atoms with Gasteiger partial charge >= 0.3 is 11.9 Å². The minimum absolute atomic E-state index is 0.00556.